The van der Waals surface area contributed by atoms with Crippen molar-refractivity contribution >= 4 is 16.0 Å². The highest BCUT2D eigenvalue weighted by Crippen LogP contribution is 2.20. The number of aliphatic imine (C=N–C) groups is 1. The number of ether oxygens (including phenoxy) is 2. The van der Waals surface area contributed by atoms with Crippen LogP contribution in [0.1, 0.15) is 44.9 Å². The van der Waals surface area contributed by atoms with Gasteiger partial charge in [0.1, 0.15) is 0 Å². The lowest BCUT2D eigenvalue weighted by molar-refractivity contribution is -0.0721. The van der Waals surface area contributed by atoms with Crippen molar-refractivity contribution in [3.8, 4) is 0 Å². The van der Waals surface area contributed by atoms with E-state index in [1.165, 1.54) is 19.1 Å². The van der Waals surface area contributed by atoms with Gasteiger partial charge in [0.05, 0.1) is 25.1 Å². The zero-order valence-electron chi connectivity index (χ0n) is 18.0. The van der Waals surface area contributed by atoms with Gasteiger partial charge in [-0.2, -0.15) is 0 Å². The van der Waals surface area contributed by atoms with Gasteiger partial charge in [-0.25, -0.2) is 12.7 Å². The summed E-state index contributed by atoms with van der Waals surface area (Å²) in [5.41, 5.74) is 0. The molecule has 3 rings (SSSR count). The summed E-state index contributed by atoms with van der Waals surface area (Å²) >= 11 is 0. The molecule has 0 aromatic rings. The highest BCUT2D eigenvalue weighted by atomic mass is 32.2. The van der Waals surface area contributed by atoms with E-state index in [9.17, 15) is 8.42 Å². The molecule has 0 aliphatic carbocycles. The van der Waals surface area contributed by atoms with Gasteiger partial charge in [0.25, 0.3) is 0 Å². The number of guanidine groups is 1. The van der Waals surface area contributed by atoms with Crippen LogP contribution < -0.4 is 5.32 Å². The lowest BCUT2D eigenvalue weighted by Gasteiger charge is -2.36. The first kappa shape index (κ1) is 22.8. The lowest BCUT2D eigenvalue weighted by atomic mass is 9.98. The number of hydrogen-bond acceptors (Lipinski definition) is 5. The van der Waals surface area contributed by atoms with Crippen molar-refractivity contribution in [2.45, 2.75) is 57.2 Å². The number of likely N-dealkylation sites (tertiary alicyclic amines) is 1. The van der Waals surface area contributed by atoms with Crippen molar-refractivity contribution in [3.05, 3.63) is 0 Å². The predicted molar refractivity (Wildman–Crippen MR) is 115 cm³/mol. The monoisotopic (exact) mass is 430 g/mol. The molecule has 168 valence electrons. The van der Waals surface area contributed by atoms with Crippen LogP contribution in [0.15, 0.2) is 4.99 Å². The third-order valence-corrected chi connectivity index (χ3v) is 7.64. The summed E-state index contributed by atoms with van der Waals surface area (Å²) in [5.74, 6) is 1.44. The summed E-state index contributed by atoms with van der Waals surface area (Å²) < 4.78 is 36.7. The van der Waals surface area contributed by atoms with Gasteiger partial charge in [0.2, 0.25) is 10.0 Å². The molecule has 0 bridgehead atoms. The van der Waals surface area contributed by atoms with Crippen LogP contribution in [0.5, 0.6) is 0 Å². The Morgan fingerprint density at radius 1 is 1.10 bits per heavy atom. The molecule has 3 fully saturated rings. The van der Waals surface area contributed by atoms with E-state index < -0.39 is 10.0 Å². The molecule has 3 aliphatic heterocycles. The second kappa shape index (κ2) is 10.9. The van der Waals surface area contributed by atoms with E-state index >= 15 is 0 Å². The average Bonchev–Trinajstić information content (AvgIpc) is 2.74. The second-order valence-electron chi connectivity index (χ2n) is 8.54. The number of sulfonamides is 1. The number of nitrogens with zero attached hydrogens (tertiary/aromatic N) is 3. The summed E-state index contributed by atoms with van der Waals surface area (Å²) in [6, 6.07) is 0. The third kappa shape index (κ3) is 7.08. The normalized spacial score (nSPS) is 26.6. The molecular weight excluding hydrogens is 392 g/mol. The Kier molecular flexibility index (Phi) is 8.58. The van der Waals surface area contributed by atoms with E-state index in [1.54, 1.807) is 4.31 Å². The Labute approximate surface area is 176 Å². The SMILES string of the molecule is CN=C(NCC1CCN(S(C)(=O)=O)CC1)N1CCC(OCC2CCCCO2)CC1. The zero-order valence-corrected chi connectivity index (χ0v) is 18.8. The van der Waals surface area contributed by atoms with Gasteiger partial charge >= 0.3 is 0 Å². The molecule has 0 aromatic carbocycles. The maximum absolute atomic E-state index is 11.6. The van der Waals surface area contributed by atoms with Gasteiger partial charge in [0.15, 0.2) is 5.96 Å². The molecule has 1 N–H and O–H groups in total. The van der Waals surface area contributed by atoms with Gasteiger partial charge in [-0.05, 0) is 50.9 Å². The maximum atomic E-state index is 11.6. The van der Waals surface area contributed by atoms with Crippen molar-refractivity contribution < 1.29 is 17.9 Å². The molecule has 3 heterocycles. The summed E-state index contributed by atoms with van der Waals surface area (Å²) in [6.07, 6.45) is 9.27. The number of rotatable bonds is 6. The second-order valence-corrected chi connectivity index (χ2v) is 10.5. The fraction of sp³-hybridized carbons (Fsp3) is 0.950. The molecule has 9 heteroatoms. The van der Waals surface area contributed by atoms with E-state index in [-0.39, 0.29) is 6.10 Å². The fourth-order valence-corrected chi connectivity index (χ4v) is 5.30. The fourth-order valence-electron chi connectivity index (χ4n) is 4.43. The predicted octanol–water partition coefficient (Wildman–Crippen LogP) is 1.28. The van der Waals surface area contributed by atoms with Crippen LogP contribution in [0.4, 0.5) is 0 Å². The molecule has 1 unspecified atom stereocenters. The number of piperidine rings is 2. The topological polar surface area (TPSA) is 83.5 Å². The number of nitrogens with one attached hydrogen (secondary N) is 1. The standard InChI is InChI=1S/C20H38N4O4S/c1-21-20(22-15-17-6-12-24(13-7-17)29(2,25)26)23-10-8-18(9-11-23)28-16-19-5-3-4-14-27-19/h17-19H,3-16H2,1-2H3,(H,21,22). The molecule has 3 saturated heterocycles. The Balaban J connectivity index is 1.34. The van der Waals surface area contributed by atoms with E-state index in [4.69, 9.17) is 9.47 Å². The molecule has 8 nitrogen and oxygen atoms in total. The average molecular weight is 431 g/mol. The summed E-state index contributed by atoms with van der Waals surface area (Å²) in [4.78, 5) is 6.77. The third-order valence-electron chi connectivity index (χ3n) is 6.34. The van der Waals surface area contributed by atoms with Gasteiger partial charge in [0, 0.05) is 46.4 Å². The van der Waals surface area contributed by atoms with Crippen LogP contribution >= 0.6 is 0 Å². The largest absolute Gasteiger partial charge is 0.376 e. The van der Waals surface area contributed by atoms with Crippen molar-refractivity contribution in [2.75, 3.05) is 59.2 Å². The van der Waals surface area contributed by atoms with E-state index in [2.05, 4.69) is 15.2 Å². The minimum atomic E-state index is -3.06. The maximum Gasteiger partial charge on any atom is 0.211 e. The molecule has 29 heavy (non-hydrogen) atoms. The van der Waals surface area contributed by atoms with Gasteiger partial charge in [-0.1, -0.05) is 0 Å². The quantitative estimate of drug-likeness (QED) is 0.505. The Morgan fingerprint density at radius 3 is 2.41 bits per heavy atom. The first-order chi connectivity index (χ1) is 14.0. The van der Waals surface area contributed by atoms with Crippen molar-refractivity contribution in [3.63, 3.8) is 0 Å². The molecule has 1 atom stereocenters. The Morgan fingerprint density at radius 2 is 1.83 bits per heavy atom. The molecule has 0 aromatic heterocycles. The zero-order chi connectivity index (χ0) is 20.7. The summed E-state index contributed by atoms with van der Waals surface area (Å²) in [5, 5.41) is 3.51. The number of hydrogen-bond donors (Lipinski definition) is 1. The highest BCUT2D eigenvalue weighted by molar-refractivity contribution is 7.88. The summed E-state index contributed by atoms with van der Waals surface area (Å²) in [7, 11) is -1.23. The molecule has 0 spiro atoms. The minimum absolute atomic E-state index is 0.283. The van der Waals surface area contributed by atoms with Crippen LogP contribution in [-0.2, 0) is 19.5 Å². The lowest BCUT2D eigenvalue weighted by Crippen LogP contribution is -2.49. The first-order valence-electron chi connectivity index (χ1n) is 11.1. The summed E-state index contributed by atoms with van der Waals surface area (Å²) in [6.45, 7) is 5.59. The van der Waals surface area contributed by atoms with Crippen LogP contribution in [0.2, 0.25) is 0 Å². The van der Waals surface area contributed by atoms with Crippen LogP contribution in [-0.4, -0.2) is 95.0 Å². The van der Waals surface area contributed by atoms with Crippen LogP contribution in [0.3, 0.4) is 0 Å². The molecule has 0 amide bonds. The highest BCUT2D eigenvalue weighted by Gasteiger charge is 2.27. The van der Waals surface area contributed by atoms with Crippen molar-refractivity contribution in [1.82, 2.24) is 14.5 Å². The van der Waals surface area contributed by atoms with Crippen LogP contribution in [0.25, 0.3) is 0 Å². The molecular formula is C20H38N4O4S. The smallest absolute Gasteiger partial charge is 0.211 e. The van der Waals surface area contributed by atoms with E-state index in [1.807, 2.05) is 7.05 Å². The van der Waals surface area contributed by atoms with Crippen LogP contribution in [0, 0.1) is 5.92 Å². The minimum Gasteiger partial charge on any atom is -0.376 e. The van der Waals surface area contributed by atoms with Gasteiger partial charge < -0.3 is 19.7 Å². The Hall–Kier alpha value is -0.900. The van der Waals surface area contributed by atoms with E-state index in [0.717, 1.165) is 70.9 Å². The Bertz CT molecular complexity index is 620. The van der Waals surface area contributed by atoms with Crippen molar-refractivity contribution in [2.24, 2.45) is 10.9 Å². The molecule has 0 saturated carbocycles. The molecule has 3 aliphatic rings. The van der Waals surface area contributed by atoms with Gasteiger partial charge in [-0.3, -0.25) is 4.99 Å². The first-order valence-corrected chi connectivity index (χ1v) is 12.9. The van der Waals surface area contributed by atoms with E-state index in [0.29, 0.717) is 25.1 Å². The van der Waals surface area contributed by atoms with Crippen molar-refractivity contribution in [1.29, 1.82) is 0 Å². The molecule has 0 radical (unpaired) electrons. The van der Waals surface area contributed by atoms with Gasteiger partial charge in [-0.15, -0.1) is 0 Å².